The Balaban J connectivity index is 1.91. The maximum atomic E-state index is 11.8. The van der Waals surface area contributed by atoms with E-state index in [0.29, 0.717) is 24.7 Å². The summed E-state index contributed by atoms with van der Waals surface area (Å²) in [6.07, 6.45) is 1.57. The molecule has 1 aromatic carbocycles. The molecule has 6 nitrogen and oxygen atoms in total. The normalized spacial score (nSPS) is 10.4. The van der Waals surface area contributed by atoms with Gasteiger partial charge in [0.15, 0.2) is 5.69 Å². The van der Waals surface area contributed by atoms with Gasteiger partial charge in [0.1, 0.15) is 0 Å². The number of benzene rings is 1. The van der Waals surface area contributed by atoms with E-state index >= 15 is 0 Å². The number of nitrogens with one attached hydrogen (secondary N) is 1. The number of carbonyl (C=O) groups is 1. The van der Waals surface area contributed by atoms with E-state index in [2.05, 4.69) is 15.6 Å². The monoisotopic (exact) mass is 279 g/mol. The molecule has 2 rings (SSSR count). The van der Waals surface area contributed by atoms with Gasteiger partial charge in [0.25, 0.3) is 5.91 Å². The Bertz CT molecular complexity index is 552. The first-order chi connectivity index (χ1) is 9.19. The molecule has 7 heteroatoms. The van der Waals surface area contributed by atoms with Gasteiger partial charge >= 0.3 is 0 Å². The summed E-state index contributed by atoms with van der Waals surface area (Å²) in [7, 11) is 0. The molecule has 3 N–H and O–H groups in total. The van der Waals surface area contributed by atoms with Crippen LogP contribution in [-0.2, 0) is 13.1 Å². The molecule has 0 aliphatic rings. The van der Waals surface area contributed by atoms with Crippen molar-refractivity contribution in [3.05, 3.63) is 46.7 Å². The number of rotatable bonds is 5. The molecule has 0 saturated carbocycles. The van der Waals surface area contributed by atoms with Gasteiger partial charge in [-0.25, -0.2) is 0 Å². The molecular formula is C12H14ClN5O. The first kappa shape index (κ1) is 13.5. The highest BCUT2D eigenvalue weighted by atomic mass is 35.5. The van der Waals surface area contributed by atoms with Crippen molar-refractivity contribution < 1.29 is 4.79 Å². The number of hydrogen-bond donors (Lipinski definition) is 2. The Morgan fingerprint density at radius 1 is 1.37 bits per heavy atom. The minimum absolute atomic E-state index is 0.266. The lowest BCUT2D eigenvalue weighted by Gasteiger charge is -2.03. The highest BCUT2D eigenvalue weighted by Crippen LogP contribution is 2.09. The van der Waals surface area contributed by atoms with Crippen LogP contribution in [0.3, 0.4) is 0 Å². The lowest BCUT2D eigenvalue weighted by molar-refractivity contribution is 0.0946. The van der Waals surface area contributed by atoms with Gasteiger partial charge in [-0.3, -0.25) is 9.48 Å². The highest BCUT2D eigenvalue weighted by molar-refractivity contribution is 6.30. The van der Waals surface area contributed by atoms with Crippen molar-refractivity contribution in [1.82, 2.24) is 20.3 Å². The number of nitrogens with two attached hydrogens (primary N) is 1. The Hall–Kier alpha value is -1.92. The Kier molecular flexibility index (Phi) is 4.48. The van der Waals surface area contributed by atoms with Gasteiger partial charge in [-0.1, -0.05) is 28.9 Å². The van der Waals surface area contributed by atoms with E-state index in [0.717, 1.165) is 5.56 Å². The molecule has 19 heavy (non-hydrogen) atoms. The van der Waals surface area contributed by atoms with Crippen LogP contribution in [0.1, 0.15) is 16.1 Å². The summed E-state index contributed by atoms with van der Waals surface area (Å²) < 4.78 is 1.54. The zero-order valence-corrected chi connectivity index (χ0v) is 11.0. The van der Waals surface area contributed by atoms with Crippen molar-refractivity contribution in [2.24, 2.45) is 5.73 Å². The fourth-order valence-electron chi connectivity index (χ4n) is 1.52. The zero-order valence-electron chi connectivity index (χ0n) is 10.2. The van der Waals surface area contributed by atoms with E-state index in [1.807, 2.05) is 12.1 Å². The van der Waals surface area contributed by atoms with Crippen LogP contribution in [0, 0.1) is 0 Å². The van der Waals surface area contributed by atoms with Crippen LogP contribution in [-0.4, -0.2) is 27.4 Å². The van der Waals surface area contributed by atoms with Gasteiger partial charge in [-0.15, -0.1) is 5.10 Å². The third-order valence-corrected chi connectivity index (χ3v) is 2.75. The standard InChI is InChI=1S/C12H14ClN5O/c13-10-3-1-9(2-4-10)7-15-12(19)11-8-18(6-5-14)17-16-11/h1-4,8H,5-7,14H2,(H,15,19). The quantitative estimate of drug-likeness (QED) is 0.848. The van der Waals surface area contributed by atoms with Crippen molar-refractivity contribution in [3.63, 3.8) is 0 Å². The van der Waals surface area contributed by atoms with Crippen molar-refractivity contribution in [2.45, 2.75) is 13.1 Å². The molecule has 1 aromatic heterocycles. The third-order valence-electron chi connectivity index (χ3n) is 2.50. The van der Waals surface area contributed by atoms with E-state index in [4.69, 9.17) is 17.3 Å². The second kappa shape index (κ2) is 6.31. The number of aromatic nitrogens is 3. The molecule has 1 heterocycles. The predicted octanol–water partition coefficient (Wildman–Crippen LogP) is 0.820. The van der Waals surface area contributed by atoms with Crippen molar-refractivity contribution >= 4 is 17.5 Å². The molecule has 100 valence electrons. The first-order valence-corrected chi connectivity index (χ1v) is 6.19. The smallest absolute Gasteiger partial charge is 0.273 e. The Labute approximate surface area is 115 Å². The van der Waals surface area contributed by atoms with Crippen molar-refractivity contribution in [1.29, 1.82) is 0 Å². The van der Waals surface area contributed by atoms with E-state index in [-0.39, 0.29) is 11.6 Å². The molecule has 0 atom stereocenters. The predicted molar refractivity (Wildman–Crippen MR) is 71.7 cm³/mol. The Morgan fingerprint density at radius 3 is 2.79 bits per heavy atom. The van der Waals surface area contributed by atoms with Gasteiger partial charge in [-0.05, 0) is 17.7 Å². The average molecular weight is 280 g/mol. The molecule has 0 saturated heterocycles. The van der Waals surface area contributed by atoms with Crippen LogP contribution in [0.4, 0.5) is 0 Å². The van der Waals surface area contributed by atoms with Gasteiger partial charge in [-0.2, -0.15) is 0 Å². The molecule has 0 aliphatic heterocycles. The molecule has 0 bridgehead atoms. The summed E-state index contributed by atoms with van der Waals surface area (Å²) in [6.45, 7) is 1.41. The summed E-state index contributed by atoms with van der Waals surface area (Å²) >= 11 is 5.78. The molecule has 0 aliphatic carbocycles. The highest BCUT2D eigenvalue weighted by Gasteiger charge is 2.09. The van der Waals surface area contributed by atoms with Crippen LogP contribution in [0.5, 0.6) is 0 Å². The zero-order chi connectivity index (χ0) is 13.7. The van der Waals surface area contributed by atoms with Gasteiger partial charge in [0.2, 0.25) is 0 Å². The van der Waals surface area contributed by atoms with Crippen LogP contribution in [0.15, 0.2) is 30.5 Å². The number of hydrogen-bond acceptors (Lipinski definition) is 4. The van der Waals surface area contributed by atoms with E-state index in [1.165, 1.54) is 4.68 Å². The largest absolute Gasteiger partial charge is 0.347 e. The number of amides is 1. The van der Waals surface area contributed by atoms with Crippen LogP contribution in [0.25, 0.3) is 0 Å². The lowest BCUT2D eigenvalue weighted by atomic mass is 10.2. The summed E-state index contributed by atoms with van der Waals surface area (Å²) in [5.74, 6) is -0.266. The SMILES string of the molecule is NCCn1cc(C(=O)NCc2ccc(Cl)cc2)nn1. The maximum absolute atomic E-state index is 11.8. The topological polar surface area (TPSA) is 85.8 Å². The molecule has 2 aromatic rings. The number of halogens is 1. The van der Waals surface area contributed by atoms with E-state index in [1.54, 1.807) is 18.3 Å². The van der Waals surface area contributed by atoms with Crippen LogP contribution >= 0.6 is 11.6 Å². The minimum atomic E-state index is -0.266. The van der Waals surface area contributed by atoms with Gasteiger partial charge in [0, 0.05) is 18.1 Å². The summed E-state index contributed by atoms with van der Waals surface area (Å²) in [4.78, 5) is 11.8. The molecular weight excluding hydrogens is 266 g/mol. The minimum Gasteiger partial charge on any atom is -0.347 e. The van der Waals surface area contributed by atoms with Crippen LogP contribution in [0.2, 0.25) is 5.02 Å². The molecule has 0 radical (unpaired) electrons. The van der Waals surface area contributed by atoms with E-state index < -0.39 is 0 Å². The first-order valence-electron chi connectivity index (χ1n) is 5.82. The van der Waals surface area contributed by atoms with Crippen LogP contribution < -0.4 is 11.1 Å². The lowest BCUT2D eigenvalue weighted by Crippen LogP contribution is -2.23. The molecule has 0 unspecified atom stereocenters. The second-order valence-corrected chi connectivity index (χ2v) is 4.40. The van der Waals surface area contributed by atoms with Gasteiger partial charge in [0.05, 0.1) is 12.7 Å². The second-order valence-electron chi connectivity index (χ2n) is 3.96. The van der Waals surface area contributed by atoms with Crippen molar-refractivity contribution in [2.75, 3.05) is 6.54 Å². The molecule has 0 fully saturated rings. The van der Waals surface area contributed by atoms with Gasteiger partial charge < -0.3 is 11.1 Å². The average Bonchev–Trinajstić information content (AvgIpc) is 2.87. The fraction of sp³-hybridized carbons (Fsp3) is 0.250. The molecule has 0 spiro atoms. The third kappa shape index (κ3) is 3.77. The summed E-state index contributed by atoms with van der Waals surface area (Å²) in [5.41, 5.74) is 6.64. The number of carbonyl (C=O) groups excluding carboxylic acids is 1. The van der Waals surface area contributed by atoms with Crippen molar-refractivity contribution in [3.8, 4) is 0 Å². The summed E-state index contributed by atoms with van der Waals surface area (Å²) in [6, 6.07) is 7.27. The summed E-state index contributed by atoms with van der Waals surface area (Å²) in [5, 5.41) is 11.0. The fourth-order valence-corrected chi connectivity index (χ4v) is 1.65. The Morgan fingerprint density at radius 2 is 2.11 bits per heavy atom. The van der Waals surface area contributed by atoms with E-state index in [9.17, 15) is 4.79 Å². The maximum Gasteiger partial charge on any atom is 0.273 e. The molecule has 1 amide bonds. The number of nitrogens with zero attached hydrogens (tertiary/aromatic N) is 3.